The summed E-state index contributed by atoms with van der Waals surface area (Å²) in [5.74, 6) is 0.834. The fourth-order valence-electron chi connectivity index (χ4n) is 2.75. The lowest BCUT2D eigenvalue weighted by atomic mass is 10.0. The minimum absolute atomic E-state index is 0.204. The fourth-order valence-corrected chi connectivity index (χ4v) is 2.75. The molecule has 3 heterocycles. The largest absolute Gasteiger partial charge is 0.471 e. The van der Waals surface area contributed by atoms with Crippen LogP contribution in [0.1, 0.15) is 37.6 Å². The molecule has 0 bridgehead atoms. The Hall–Kier alpha value is -2.93. The summed E-state index contributed by atoms with van der Waals surface area (Å²) >= 11 is 0. The van der Waals surface area contributed by atoms with E-state index in [4.69, 9.17) is 10.5 Å². The number of nitrogens with two attached hydrogens (primary N) is 1. The summed E-state index contributed by atoms with van der Waals surface area (Å²) in [6, 6.07) is 5.97. The number of nitrogens with zero attached hydrogens (tertiary/aromatic N) is 3. The first-order valence-corrected chi connectivity index (χ1v) is 10.2. The molecule has 7 heteroatoms. The second kappa shape index (κ2) is 11.3. The van der Waals surface area contributed by atoms with Crippen LogP contribution in [0, 0.1) is 12.8 Å². The van der Waals surface area contributed by atoms with Gasteiger partial charge in [0.05, 0.1) is 17.6 Å². The van der Waals surface area contributed by atoms with Gasteiger partial charge in [-0.05, 0) is 50.6 Å². The van der Waals surface area contributed by atoms with Gasteiger partial charge in [0.25, 0.3) is 0 Å². The molecule has 0 spiro atoms. The van der Waals surface area contributed by atoms with E-state index in [1.54, 1.807) is 6.20 Å². The Balaban J connectivity index is 0.000000575. The zero-order chi connectivity index (χ0) is 22.1. The molecule has 7 nitrogen and oxygen atoms in total. The van der Waals surface area contributed by atoms with Crippen LogP contribution in [0.2, 0.25) is 0 Å². The first-order valence-electron chi connectivity index (χ1n) is 10.2. The van der Waals surface area contributed by atoms with Crippen molar-refractivity contribution in [3.05, 3.63) is 58.8 Å². The molecule has 0 aliphatic carbocycles. The topological polar surface area (TPSA) is 93.4 Å². The summed E-state index contributed by atoms with van der Waals surface area (Å²) in [4.78, 5) is 20.5. The second-order valence-electron chi connectivity index (χ2n) is 7.92. The highest BCUT2D eigenvalue weighted by Crippen LogP contribution is 2.21. The molecular formula is C23H33N5O2. The van der Waals surface area contributed by atoms with Crippen LogP contribution in [0.15, 0.2) is 42.0 Å². The van der Waals surface area contributed by atoms with E-state index in [1.165, 1.54) is 11.1 Å². The number of aldehydes is 1. The van der Waals surface area contributed by atoms with Crippen LogP contribution >= 0.6 is 0 Å². The number of carbonyl (C=O) groups is 1. The van der Waals surface area contributed by atoms with E-state index in [-0.39, 0.29) is 5.92 Å². The third kappa shape index (κ3) is 7.48. The molecule has 0 fully saturated rings. The molecule has 2 aromatic heterocycles. The Morgan fingerprint density at radius 1 is 1.30 bits per heavy atom. The maximum atomic E-state index is 9.50. The molecule has 30 heavy (non-hydrogen) atoms. The molecule has 2 aromatic rings. The van der Waals surface area contributed by atoms with Crippen LogP contribution in [-0.2, 0) is 17.8 Å². The number of ether oxygens (including phenoxy) is 1. The van der Waals surface area contributed by atoms with Crippen LogP contribution in [0.3, 0.4) is 0 Å². The Labute approximate surface area is 179 Å². The molecule has 1 aliphatic rings. The lowest BCUT2D eigenvalue weighted by Gasteiger charge is -2.24. The summed E-state index contributed by atoms with van der Waals surface area (Å²) in [6.45, 7) is 9.85. The average Bonchev–Trinajstić information content (AvgIpc) is 2.72. The molecule has 0 radical (unpaired) electrons. The van der Waals surface area contributed by atoms with Crippen LogP contribution in [0.4, 0.5) is 5.69 Å². The number of hydrogen-bond acceptors (Lipinski definition) is 7. The van der Waals surface area contributed by atoms with Gasteiger partial charge in [-0.15, -0.1) is 0 Å². The van der Waals surface area contributed by atoms with Gasteiger partial charge in [0, 0.05) is 42.7 Å². The smallest absolute Gasteiger partial charge is 0.213 e. The van der Waals surface area contributed by atoms with Gasteiger partial charge in [-0.25, -0.2) is 4.98 Å². The average molecular weight is 412 g/mol. The third-order valence-corrected chi connectivity index (χ3v) is 4.58. The molecular weight excluding hydrogens is 378 g/mol. The highest BCUT2D eigenvalue weighted by molar-refractivity contribution is 5.51. The first kappa shape index (κ1) is 23.3. The van der Waals surface area contributed by atoms with E-state index in [2.05, 4.69) is 27.2 Å². The molecule has 0 saturated heterocycles. The molecule has 162 valence electrons. The van der Waals surface area contributed by atoms with Gasteiger partial charge in [-0.3, -0.25) is 4.98 Å². The van der Waals surface area contributed by atoms with Gasteiger partial charge >= 0.3 is 0 Å². The fraction of sp³-hybridized carbons (Fsp3) is 0.435. The van der Waals surface area contributed by atoms with E-state index in [1.807, 2.05) is 52.1 Å². The zero-order valence-corrected chi connectivity index (χ0v) is 18.6. The van der Waals surface area contributed by atoms with E-state index in [0.717, 1.165) is 42.9 Å². The molecule has 3 N–H and O–H groups in total. The Kier molecular flexibility index (Phi) is 8.80. The molecule has 0 atom stereocenters. The molecule has 0 unspecified atom stereocenters. The molecule has 0 saturated carbocycles. The highest BCUT2D eigenvalue weighted by Gasteiger charge is 2.14. The number of allylic oxidation sites excluding steroid dienone is 1. The maximum absolute atomic E-state index is 9.50. The van der Waals surface area contributed by atoms with Crippen LogP contribution < -0.4 is 15.8 Å². The third-order valence-electron chi connectivity index (χ3n) is 4.58. The van der Waals surface area contributed by atoms with E-state index >= 15 is 0 Å². The molecule has 0 amide bonds. The minimum atomic E-state index is 0.204. The summed E-state index contributed by atoms with van der Waals surface area (Å²) in [5.41, 5.74) is 11.9. The standard InChI is InChI=1S/C19H25N5O.C4H8O/c1-13-4-5-17(10-21-13)23-18(14(2)20)12-25-19-8-15-6-7-24(3)11-16(15)9-22-19;1-4(2)3-5/h4-5,8-10,23H,6-7,11-12,20H2,1-3H3;3-4H,1-2H3/b18-14-;. The number of aromatic nitrogens is 2. The SMILES string of the molecule is C/C(N)=C(\COc1cc2c(cn1)CN(C)CC2)Nc1ccc(C)nc1.CC(C)C=O. The van der Waals surface area contributed by atoms with Gasteiger partial charge in [0.1, 0.15) is 12.9 Å². The quantitative estimate of drug-likeness (QED) is 0.705. The minimum Gasteiger partial charge on any atom is -0.471 e. The number of pyridine rings is 2. The molecule has 3 rings (SSSR count). The Morgan fingerprint density at radius 2 is 2.03 bits per heavy atom. The van der Waals surface area contributed by atoms with Gasteiger partial charge in [0.15, 0.2) is 0 Å². The normalized spacial score (nSPS) is 14.2. The van der Waals surface area contributed by atoms with Crippen LogP contribution in [-0.4, -0.2) is 41.4 Å². The predicted molar refractivity (Wildman–Crippen MR) is 120 cm³/mol. The summed E-state index contributed by atoms with van der Waals surface area (Å²) in [6.07, 6.45) is 5.64. The van der Waals surface area contributed by atoms with Gasteiger partial charge in [-0.2, -0.15) is 0 Å². The number of likely N-dealkylation sites (N-methyl/N-ethyl adjacent to an activating group) is 1. The number of anilines is 1. The van der Waals surface area contributed by atoms with Crippen LogP contribution in [0.5, 0.6) is 5.88 Å². The van der Waals surface area contributed by atoms with Crippen LogP contribution in [0.25, 0.3) is 0 Å². The highest BCUT2D eigenvalue weighted by atomic mass is 16.5. The van der Waals surface area contributed by atoms with Gasteiger partial charge in [0.2, 0.25) is 5.88 Å². The number of hydrogen-bond donors (Lipinski definition) is 2. The van der Waals surface area contributed by atoms with Crippen molar-refractivity contribution in [1.29, 1.82) is 0 Å². The number of carbonyl (C=O) groups excluding carboxylic acids is 1. The number of aryl methyl sites for hydroxylation is 1. The number of rotatable bonds is 6. The van der Waals surface area contributed by atoms with Crippen molar-refractivity contribution in [3.8, 4) is 5.88 Å². The van der Waals surface area contributed by atoms with Gasteiger partial charge in [-0.1, -0.05) is 13.8 Å². The Morgan fingerprint density at radius 3 is 2.63 bits per heavy atom. The zero-order valence-electron chi connectivity index (χ0n) is 18.6. The van der Waals surface area contributed by atoms with Crippen molar-refractivity contribution in [1.82, 2.24) is 14.9 Å². The molecule has 0 aromatic carbocycles. The number of nitrogens with one attached hydrogen (secondary N) is 1. The van der Waals surface area contributed by atoms with Crippen molar-refractivity contribution < 1.29 is 9.53 Å². The van der Waals surface area contributed by atoms with Gasteiger partial charge < -0.3 is 25.5 Å². The summed E-state index contributed by atoms with van der Waals surface area (Å²) in [7, 11) is 2.13. The lowest BCUT2D eigenvalue weighted by Crippen LogP contribution is -2.26. The van der Waals surface area contributed by atoms with E-state index in [9.17, 15) is 4.79 Å². The summed E-state index contributed by atoms with van der Waals surface area (Å²) in [5, 5.41) is 3.28. The predicted octanol–water partition coefficient (Wildman–Crippen LogP) is 3.30. The van der Waals surface area contributed by atoms with Crippen molar-refractivity contribution in [2.45, 2.75) is 40.7 Å². The number of fused-ring (bicyclic) bond motifs is 1. The molecule has 1 aliphatic heterocycles. The van der Waals surface area contributed by atoms with Crippen molar-refractivity contribution in [2.75, 3.05) is 25.5 Å². The van der Waals surface area contributed by atoms with Crippen molar-refractivity contribution in [2.24, 2.45) is 11.7 Å². The monoisotopic (exact) mass is 411 g/mol. The summed E-state index contributed by atoms with van der Waals surface area (Å²) < 4.78 is 5.87. The Bertz CT molecular complexity index is 858. The van der Waals surface area contributed by atoms with E-state index in [0.29, 0.717) is 18.2 Å². The first-order chi connectivity index (χ1) is 14.3. The van der Waals surface area contributed by atoms with Crippen molar-refractivity contribution in [3.63, 3.8) is 0 Å². The maximum Gasteiger partial charge on any atom is 0.213 e. The lowest BCUT2D eigenvalue weighted by molar-refractivity contribution is -0.110. The van der Waals surface area contributed by atoms with Crippen molar-refractivity contribution >= 4 is 12.0 Å². The van der Waals surface area contributed by atoms with E-state index < -0.39 is 0 Å². The second-order valence-corrected chi connectivity index (χ2v) is 7.92.